The molecular weight excluding hydrogens is 547 g/mol. The van der Waals surface area contributed by atoms with Gasteiger partial charge in [-0.05, 0) is 25.3 Å². The fourth-order valence-corrected chi connectivity index (χ4v) is 4.81. The molecule has 220 valence electrons. The van der Waals surface area contributed by atoms with Gasteiger partial charge in [0.1, 0.15) is 18.4 Å². The third-order valence-electron chi connectivity index (χ3n) is 6.33. The zero-order valence-corrected chi connectivity index (χ0v) is 23.0. The van der Waals surface area contributed by atoms with Crippen molar-refractivity contribution in [2.45, 2.75) is 57.0 Å². The average molecular weight is 583 g/mol. The molecule has 2 amide bonds. The van der Waals surface area contributed by atoms with E-state index in [0.717, 1.165) is 42.9 Å². The van der Waals surface area contributed by atoms with E-state index >= 15 is 0 Å². The highest BCUT2D eigenvalue weighted by atomic mass is 31.2. The van der Waals surface area contributed by atoms with E-state index in [1.54, 1.807) is 0 Å². The number of allylic oxidation sites excluding steroid dienone is 3. The highest BCUT2D eigenvalue weighted by Gasteiger charge is 2.41. The summed E-state index contributed by atoms with van der Waals surface area (Å²) in [4.78, 5) is 60.4. The molecule has 0 bridgehead atoms. The van der Waals surface area contributed by atoms with Crippen molar-refractivity contribution in [3.63, 3.8) is 0 Å². The quantitative estimate of drug-likeness (QED) is 0.111. The summed E-state index contributed by atoms with van der Waals surface area (Å²) in [6, 6.07) is 0. The molecule has 1 aromatic heterocycles. The number of nitrogens with zero attached hydrogens (tertiary/aromatic N) is 1. The summed E-state index contributed by atoms with van der Waals surface area (Å²) in [6.07, 6.45) is 10.0. The number of phosphoric acid groups is 1. The minimum atomic E-state index is -4.38. The number of ether oxygens (including phenoxy) is 1. The van der Waals surface area contributed by atoms with Crippen molar-refractivity contribution in [1.29, 1.82) is 0 Å². The lowest BCUT2D eigenvalue weighted by Crippen LogP contribution is -2.33. The number of rotatable bonds is 15. The Hall–Kier alpha value is -3.13. The Bertz CT molecular complexity index is 1300. The first kappa shape index (κ1) is 31.4. The number of amides is 2. The van der Waals surface area contributed by atoms with Crippen LogP contribution in [0.3, 0.4) is 0 Å². The van der Waals surface area contributed by atoms with Crippen molar-refractivity contribution >= 4 is 25.7 Å². The highest BCUT2D eigenvalue weighted by Crippen LogP contribution is 2.47. The van der Waals surface area contributed by atoms with Crippen LogP contribution in [0.1, 0.15) is 50.3 Å². The first-order valence-corrected chi connectivity index (χ1v) is 14.4. The summed E-state index contributed by atoms with van der Waals surface area (Å²) in [5.74, 6) is -0.464. The molecule has 4 atom stereocenters. The van der Waals surface area contributed by atoms with Crippen molar-refractivity contribution in [3.05, 3.63) is 62.5 Å². The molecule has 1 fully saturated rings. The Balaban J connectivity index is 1.44. The summed E-state index contributed by atoms with van der Waals surface area (Å²) >= 11 is 0. The molecule has 0 aromatic carbocycles. The molecule has 0 spiro atoms. The first-order valence-electron chi connectivity index (χ1n) is 12.9. The van der Waals surface area contributed by atoms with Crippen molar-refractivity contribution in [1.82, 2.24) is 20.2 Å². The number of aromatic amines is 1. The van der Waals surface area contributed by atoms with Crippen LogP contribution in [0.15, 0.2) is 45.7 Å². The number of unbranched alkanes of at least 4 members (excludes halogenated alkanes) is 3. The topological polar surface area (TPSA) is 198 Å². The van der Waals surface area contributed by atoms with Gasteiger partial charge in [0.25, 0.3) is 5.56 Å². The van der Waals surface area contributed by atoms with E-state index < -0.39 is 50.0 Å². The molecule has 2 heterocycles. The maximum absolute atomic E-state index is 12.4. The van der Waals surface area contributed by atoms with Gasteiger partial charge in [-0.2, -0.15) is 0 Å². The SMILES string of the molecule is COP(=O)(O)OC1CC(n2cc(/C=C/C(=O)NCCCCCCNC(=O)C3=CC=CC3)c(=O)[nH]c2=O)OC1CO. The lowest BCUT2D eigenvalue weighted by atomic mass is 10.2. The molecule has 1 aliphatic carbocycles. The second kappa shape index (κ2) is 15.0. The minimum Gasteiger partial charge on any atom is -0.394 e. The number of aromatic nitrogens is 2. The summed E-state index contributed by atoms with van der Waals surface area (Å²) < 4.78 is 27.8. The Kier molecular flexibility index (Phi) is 11.8. The van der Waals surface area contributed by atoms with Crippen LogP contribution < -0.4 is 21.9 Å². The standard InChI is InChI=1S/C25H35N4O10P/c1-37-40(35,36)39-19-14-22(38-20(19)16-30)29-15-18(24(33)28-25(29)34)10-11-21(31)26-12-6-2-3-7-13-27-23(32)17-8-4-5-9-17/h4-5,8,10-11,15,19-20,22,30H,2-3,6-7,9,12-14,16H2,1H3,(H,26,31)(H,27,32)(H,35,36)(H,28,33,34)/b11-10+. The van der Waals surface area contributed by atoms with Crippen molar-refractivity contribution < 1.29 is 37.9 Å². The molecule has 15 heteroatoms. The van der Waals surface area contributed by atoms with E-state index in [1.807, 2.05) is 18.2 Å². The predicted molar refractivity (Wildman–Crippen MR) is 144 cm³/mol. The Morgan fingerprint density at radius 2 is 1.95 bits per heavy atom. The van der Waals surface area contributed by atoms with Gasteiger partial charge in [-0.3, -0.25) is 33.0 Å². The number of phosphoric ester groups is 1. The fourth-order valence-electron chi connectivity index (χ4n) is 4.16. The van der Waals surface area contributed by atoms with Gasteiger partial charge in [0.15, 0.2) is 0 Å². The first-order chi connectivity index (χ1) is 19.1. The number of nitrogens with one attached hydrogen (secondary N) is 3. The molecule has 5 N–H and O–H groups in total. The van der Waals surface area contributed by atoms with Crippen molar-refractivity contribution in [3.8, 4) is 0 Å². The lowest BCUT2D eigenvalue weighted by molar-refractivity contribution is -0.118. The van der Waals surface area contributed by atoms with Gasteiger partial charge in [0, 0.05) is 44.5 Å². The maximum Gasteiger partial charge on any atom is 0.472 e. The summed E-state index contributed by atoms with van der Waals surface area (Å²) in [5, 5.41) is 15.2. The molecule has 4 unspecified atom stereocenters. The molecule has 3 rings (SSSR count). The molecular formula is C25H35N4O10P. The number of H-pyrrole nitrogens is 1. The number of hydrogen-bond donors (Lipinski definition) is 5. The van der Waals surface area contributed by atoms with Crippen LogP contribution in [0.5, 0.6) is 0 Å². The zero-order valence-electron chi connectivity index (χ0n) is 22.1. The molecule has 14 nitrogen and oxygen atoms in total. The van der Waals surface area contributed by atoms with E-state index in [9.17, 15) is 33.7 Å². The van der Waals surface area contributed by atoms with Gasteiger partial charge in [0.05, 0.1) is 12.2 Å². The van der Waals surface area contributed by atoms with Crippen LogP contribution in [-0.2, 0) is 27.9 Å². The zero-order chi connectivity index (χ0) is 29.1. The van der Waals surface area contributed by atoms with E-state index in [-0.39, 0.29) is 17.9 Å². The number of aliphatic hydroxyl groups excluding tert-OH is 1. The predicted octanol–water partition coefficient (Wildman–Crippen LogP) is 0.641. The van der Waals surface area contributed by atoms with E-state index in [1.165, 1.54) is 18.3 Å². The number of hydrogen-bond acceptors (Lipinski definition) is 9. The molecule has 0 saturated carbocycles. The number of carbonyl (C=O) groups excluding carboxylic acids is 2. The van der Waals surface area contributed by atoms with E-state index in [4.69, 9.17) is 9.26 Å². The fraction of sp³-hybridized carbons (Fsp3) is 0.520. The van der Waals surface area contributed by atoms with Crippen LogP contribution in [0, 0.1) is 0 Å². The maximum atomic E-state index is 12.4. The molecule has 40 heavy (non-hydrogen) atoms. The number of aliphatic hydroxyl groups is 1. The van der Waals surface area contributed by atoms with Crippen molar-refractivity contribution in [2.24, 2.45) is 0 Å². The highest BCUT2D eigenvalue weighted by molar-refractivity contribution is 7.47. The van der Waals surface area contributed by atoms with Gasteiger partial charge >= 0.3 is 13.5 Å². The summed E-state index contributed by atoms with van der Waals surface area (Å²) in [5.41, 5.74) is -0.763. The van der Waals surface area contributed by atoms with Gasteiger partial charge in [0.2, 0.25) is 11.8 Å². The largest absolute Gasteiger partial charge is 0.472 e. The molecule has 0 radical (unpaired) electrons. The second-order valence-electron chi connectivity index (χ2n) is 9.21. The Labute approximate surface area is 230 Å². The average Bonchev–Trinajstić information content (AvgIpc) is 3.60. The third-order valence-corrected chi connectivity index (χ3v) is 7.33. The smallest absolute Gasteiger partial charge is 0.394 e. The molecule has 1 saturated heterocycles. The van der Waals surface area contributed by atoms with Crippen LogP contribution >= 0.6 is 7.82 Å². The normalized spacial score (nSPS) is 21.9. The summed E-state index contributed by atoms with van der Waals surface area (Å²) in [6.45, 7) is 0.473. The third kappa shape index (κ3) is 9.22. The van der Waals surface area contributed by atoms with Crippen molar-refractivity contribution in [2.75, 3.05) is 26.8 Å². The van der Waals surface area contributed by atoms with Gasteiger partial charge in [-0.25, -0.2) is 9.36 Å². The Morgan fingerprint density at radius 3 is 2.60 bits per heavy atom. The van der Waals surface area contributed by atoms with Crippen LogP contribution in [0.2, 0.25) is 0 Å². The van der Waals surface area contributed by atoms with Crippen LogP contribution in [0.4, 0.5) is 0 Å². The second-order valence-corrected chi connectivity index (χ2v) is 10.7. The van der Waals surface area contributed by atoms with E-state index in [0.29, 0.717) is 19.5 Å². The van der Waals surface area contributed by atoms with Gasteiger partial charge < -0.3 is 25.4 Å². The monoisotopic (exact) mass is 582 g/mol. The van der Waals surface area contributed by atoms with Gasteiger partial charge in [-0.1, -0.05) is 31.1 Å². The molecule has 1 aliphatic heterocycles. The van der Waals surface area contributed by atoms with Gasteiger partial charge in [-0.15, -0.1) is 0 Å². The molecule has 2 aliphatic rings. The Morgan fingerprint density at radius 1 is 1.23 bits per heavy atom. The minimum absolute atomic E-state index is 0.000756. The molecule has 1 aromatic rings. The lowest BCUT2D eigenvalue weighted by Gasteiger charge is -2.18. The van der Waals surface area contributed by atoms with Crippen LogP contribution in [-0.4, -0.2) is 70.4 Å². The van der Waals surface area contributed by atoms with E-state index in [2.05, 4.69) is 20.1 Å². The number of carbonyl (C=O) groups is 2. The van der Waals surface area contributed by atoms with Crippen LogP contribution in [0.25, 0.3) is 6.08 Å². The summed E-state index contributed by atoms with van der Waals surface area (Å²) in [7, 11) is -3.39.